The number of hydrogen-bond donors (Lipinski definition) is 1. The van der Waals surface area contributed by atoms with Crippen molar-refractivity contribution in [2.45, 2.75) is 18.4 Å². The summed E-state index contributed by atoms with van der Waals surface area (Å²) in [6.07, 6.45) is 4.57. The van der Waals surface area contributed by atoms with Crippen LogP contribution in [0, 0.1) is 5.92 Å². The topological polar surface area (TPSA) is 52.2 Å². The van der Waals surface area contributed by atoms with Crippen LogP contribution in [0.5, 0.6) is 0 Å². The molecule has 6 heteroatoms. The fourth-order valence-electron chi connectivity index (χ4n) is 2.90. The van der Waals surface area contributed by atoms with Crippen LogP contribution in [-0.2, 0) is 4.79 Å². The Morgan fingerprint density at radius 2 is 2.05 bits per heavy atom. The first-order valence-corrected chi connectivity index (χ1v) is 6.95. The van der Waals surface area contributed by atoms with Crippen LogP contribution >= 0.6 is 34.8 Å². The highest BCUT2D eigenvalue weighted by Crippen LogP contribution is 2.51. The molecule has 0 unspecified atom stereocenters. The highest BCUT2D eigenvalue weighted by molar-refractivity contribution is 6.44. The maximum absolute atomic E-state index is 11.3. The van der Waals surface area contributed by atoms with Crippen LogP contribution in [0.15, 0.2) is 18.2 Å². The summed E-state index contributed by atoms with van der Waals surface area (Å²) in [4.78, 5) is 11.3. The Hall–Kier alpha value is -0.900. The van der Waals surface area contributed by atoms with Crippen molar-refractivity contribution in [3.05, 3.63) is 38.8 Å². The van der Waals surface area contributed by atoms with Gasteiger partial charge in [0.05, 0.1) is 32.8 Å². The van der Waals surface area contributed by atoms with E-state index in [9.17, 15) is 9.90 Å². The van der Waals surface area contributed by atoms with E-state index in [0.717, 1.165) is 5.56 Å². The molecule has 0 aromatic heterocycles. The second-order valence-electron chi connectivity index (χ2n) is 4.74. The lowest BCUT2D eigenvalue weighted by molar-refractivity contribution is -0.308. The van der Waals surface area contributed by atoms with E-state index in [4.69, 9.17) is 34.8 Å². The number of carboxylic acids is 1. The minimum Gasteiger partial charge on any atom is -0.548 e. The summed E-state index contributed by atoms with van der Waals surface area (Å²) in [5.41, 5.74) is 1.31. The van der Waals surface area contributed by atoms with Crippen molar-refractivity contribution in [1.29, 1.82) is 0 Å². The summed E-state index contributed by atoms with van der Waals surface area (Å²) in [6.45, 7) is 0. The summed E-state index contributed by atoms with van der Waals surface area (Å²) in [7, 11) is 0. The first-order valence-electron chi connectivity index (χ1n) is 5.82. The number of hydrogen-bond acceptors (Lipinski definition) is 3. The summed E-state index contributed by atoms with van der Waals surface area (Å²) in [6, 6.07) is 0.741. The number of carbonyl (C=O) groups is 1. The molecule has 3 atom stereocenters. The van der Waals surface area contributed by atoms with Gasteiger partial charge in [-0.3, -0.25) is 0 Å². The molecule has 2 aliphatic rings. The number of anilines is 1. The average Bonchev–Trinajstić information content (AvgIpc) is 2.82. The molecular weight excluding hydrogens is 309 g/mol. The minimum atomic E-state index is -1.13. The Balaban J connectivity index is 2.21. The van der Waals surface area contributed by atoms with Crippen molar-refractivity contribution < 1.29 is 9.90 Å². The Kier molecular flexibility index (Phi) is 3.16. The van der Waals surface area contributed by atoms with Crippen molar-refractivity contribution in [3.8, 4) is 0 Å². The van der Waals surface area contributed by atoms with Gasteiger partial charge in [0.25, 0.3) is 0 Å². The smallest absolute Gasteiger partial charge is 0.0699 e. The predicted octanol–water partition coefficient (Wildman–Crippen LogP) is 2.85. The third-order valence-electron chi connectivity index (χ3n) is 3.74. The SMILES string of the molecule is O=C([O-])[C@@H]1Nc2c(Cl)cc(Cl)c(Cl)c2[C@@H]2C=CC[C@@H]12. The molecule has 19 heavy (non-hydrogen) atoms. The van der Waals surface area contributed by atoms with Crippen LogP contribution in [0.3, 0.4) is 0 Å². The lowest BCUT2D eigenvalue weighted by atomic mass is 9.79. The van der Waals surface area contributed by atoms with E-state index >= 15 is 0 Å². The van der Waals surface area contributed by atoms with Crippen LogP contribution in [0.25, 0.3) is 0 Å². The second kappa shape index (κ2) is 4.58. The van der Waals surface area contributed by atoms with Crippen molar-refractivity contribution in [1.82, 2.24) is 0 Å². The quantitative estimate of drug-likeness (QED) is 0.640. The highest BCUT2D eigenvalue weighted by atomic mass is 35.5. The van der Waals surface area contributed by atoms with Gasteiger partial charge < -0.3 is 15.2 Å². The maximum Gasteiger partial charge on any atom is 0.0699 e. The molecule has 0 saturated carbocycles. The molecule has 3 rings (SSSR count). The maximum atomic E-state index is 11.3. The number of halogens is 3. The molecule has 0 amide bonds. The fraction of sp³-hybridized carbons (Fsp3) is 0.308. The van der Waals surface area contributed by atoms with E-state index in [1.54, 1.807) is 0 Å². The van der Waals surface area contributed by atoms with Gasteiger partial charge in [-0.25, -0.2) is 0 Å². The normalized spacial score (nSPS) is 27.6. The number of benzene rings is 1. The Labute approximate surface area is 125 Å². The van der Waals surface area contributed by atoms with Crippen molar-refractivity contribution in [2.75, 3.05) is 5.32 Å². The van der Waals surface area contributed by atoms with Crippen LogP contribution in [0.4, 0.5) is 5.69 Å². The number of carbonyl (C=O) groups excluding carboxylic acids is 1. The third-order valence-corrected chi connectivity index (χ3v) is 4.84. The van der Waals surface area contributed by atoms with E-state index in [0.29, 0.717) is 27.2 Å². The standard InChI is InChI=1S/C13H10Cl3NO2/c14-7-4-8(15)12-9(10(7)16)5-2-1-3-6(5)11(17-12)13(18)19/h1-2,4-6,11,17H,3H2,(H,18,19)/p-1/t5-,6-,11-/m1/s1. The summed E-state index contributed by atoms with van der Waals surface area (Å²) < 4.78 is 0. The van der Waals surface area contributed by atoms with Crippen molar-refractivity contribution >= 4 is 46.5 Å². The van der Waals surface area contributed by atoms with Gasteiger partial charge in [0, 0.05) is 11.5 Å². The number of fused-ring (bicyclic) bond motifs is 3. The van der Waals surface area contributed by atoms with Gasteiger partial charge in [-0.05, 0) is 18.4 Å². The lowest BCUT2D eigenvalue weighted by Crippen LogP contribution is -2.49. The molecule has 1 aromatic rings. The minimum absolute atomic E-state index is 0.0946. The van der Waals surface area contributed by atoms with Gasteiger partial charge in [-0.2, -0.15) is 0 Å². The lowest BCUT2D eigenvalue weighted by Gasteiger charge is -2.38. The van der Waals surface area contributed by atoms with Gasteiger partial charge >= 0.3 is 0 Å². The van der Waals surface area contributed by atoms with E-state index < -0.39 is 12.0 Å². The predicted molar refractivity (Wildman–Crippen MR) is 73.9 cm³/mol. The molecule has 0 bridgehead atoms. The molecule has 100 valence electrons. The molecule has 1 N–H and O–H groups in total. The van der Waals surface area contributed by atoms with Crippen LogP contribution in [-0.4, -0.2) is 12.0 Å². The van der Waals surface area contributed by atoms with E-state index in [-0.39, 0.29) is 11.8 Å². The Bertz CT molecular complexity index is 600. The molecular formula is C13H9Cl3NO2-. The molecule has 0 radical (unpaired) electrons. The number of rotatable bonds is 1. The van der Waals surface area contributed by atoms with Gasteiger partial charge in [0.15, 0.2) is 0 Å². The molecule has 0 fully saturated rings. The van der Waals surface area contributed by atoms with Crippen LogP contribution in [0.1, 0.15) is 17.9 Å². The van der Waals surface area contributed by atoms with Gasteiger partial charge in [-0.1, -0.05) is 47.0 Å². The zero-order valence-electron chi connectivity index (χ0n) is 9.62. The van der Waals surface area contributed by atoms with Crippen molar-refractivity contribution in [2.24, 2.45) is 5.92 Å². The molecule has 3 nitrogen and oxygen atoms in total. The van der Waals surface area contributed by atoms with Crippen LogP contribution in [0.2, 0.25) is 15.1 Å². The number of allylic oxidation sites excluding steroid dienone is 2. The van der Waals surface area contributed by atoms with Gasteiger partial charge in [0.2, 0.25) is 0 Å². The fourth-order valence-corrected chi connectivity index (χ4v) is 3.70. The van der Waals surface area contributed by atoms with E-state index in [1.165, 1.54) is 6.07 Å². The summed E-state index contributed by atoms with van der Waals surface area (Å²) >= 11 is 18.4. The monoisotopic (exact) mass is 316 g/mol. The number of nitrogens with one attached hydrogen (secondary N) is 1. The number of aliphatic carboxylic acids is 1. The largest absolute Gasteiger partial charge is 0.548 e. The first-order chi connectivity index (χ1) is 9.00. The van der Waals surface area contributed by atoms with Gasteiger partial charge in [-0.15, -0.1) is 0 Å². The molecule has 0 spiro atoms. The summed E-state index contributed by atoms with van der Waals surface area (Å²) in [5.74, 6) is -1.35. The number of carboxylic acid groups (broad SMARTS) is 1. The van der Waals surface area contributed by atoms with E-state index in [2.05, 4.69) is 5.32 Å². The first kappa shape index (κ1) is 13.1. The third kappa shape index (κ3) is 1.92. The molecule has 1 aromatic carbocycles. The second-order valence-corrected chi connectivity index (χ2v) is 5.93. The zero-order valence-corrected chi connectivity index (χ0v) is 11.9. The Morgan fingerprint density at radius 1 is 1.32 bits per heavy atom. The van der Waals surface area contributed by atoms with E-state index in [1.807, 2.05) is 12.2 Å². The van der Waals surface area contributed by atoms with Crippen molar-refractivity contribution in [3.63, 3.8) is 0 Å². The van der Waals surface area contributed by atoms with Crippen LogP contribution < -0.4 is 10.4 Å². The Morgan fingerprint density at radius 3 is 2.74 bits per heavy atom. The zero-order chi connectivity index (χ0) is 13.7. The molecule has 1 aliphatic heterocycles. The highest BCUT2D eigenvalue weighted by Gasteiger charge is 2.40. The molecule has 0 saturated heterocycles. The van der Waals surface area contributed by atoms with Gasteiger partial charge in [0.1, 0.15) is 0 Å². The average molecular weight is 318 g/mol. The molecule has 1 aliphatic carbocycles. The molecule has 1 heterocycles. The summed E-state index contributed by atoms with van der Waals surface area (Å²) in [5, 5.41) is 15.4.